The highest BCUT2D eigenvalue weighted by molar-refractivity contribution is 7.89. The van der Waals surface area contributed by atoms with Gasteiger partial charge in [-0.05, 0) is 82.0 Å². The van der Waals surface area contributed by atoms with Crippen LogP contribution in [0.1, 0.15) is 44.4 Å². The fourth-order valence-corrected chi connectivity index (χ4v) is 4.00. The molecule has 0 atom stereocenters. The first-order chi connectivity index (χ1) is 14.2. The Balaban J connectivity index is 2.02. The normalized spacial score (nSPS) is 18.4. The van der Waals surface area contributed by atoms with E-state index in [-0.39, 0.29) is 11.3 Å². The number of nitrogens with one attached hydrogen (secondary N) is 1. The Morgan fingerprint density at radius 1 is 0.968 bits per heavy atom. The van der Waals surface area contributed by atoms with Crippen LogP contribution in [0.5, 0.6) is 0 Å². The van der Waals surface area contributed by atoms with Crippen LogP contribution in [0.4, 0.5) is 13.2 Å². The van der Waals surface area contributed by atoms with Crippen molar-refractivity contribution in [3.63, 3.8) is 0 Å². The number of rotatable bonds is 5. The summed E-state index contributed by atoms with van der Waals surface area (Å²) in [5.74, 6) is 0. The average molecular weight is 455 g/mol. The van der Waals surface area contributed by atoms with Crippen LogP contribution in [-0.2, 0) is 31.9 Å². The van der Waals surface area contributed by atoms with E-state index < -0.39 is 40.1 Å². The molecule has 1 aliphatic heterocycles. The topological polar surface area (TPSA) is 64.6 Å². The summed E-state index contributed by atoms with van der Waals surface area (Å²) in [7, 11) is -3.20. The van der Waals surface area contributed by atoms with Crippen LogP contribution >= 0.6 is 0 Å². The predicted octanol–water partition coefficient (Wildman–Crippen LogP) is 3.50. The van der Waals surface area contributed by atoms with Gasteiger partial charge in [-0.2, -0.15) is 13.2 Å². The van der Waals surface area contributed by atoms with E-state index >= 15 is 0 Å². The van der Waals surface area contributed by atoms with E-state index in [1.807, 2.05) is 27.7 Å². The van der Waals surface area contributed by atoms with Gasteiger partial charge < -0.3 is 9.31 Å². The van der Waals surface area contributed by atoms with Gasteiger partial charge in [0.2, 0.25) is 10.0 Å². The molecular formula is C21H25BF3NO4S. The molecule has 1 fully saturated rings. The Hall–Kier alpha value is -1.88. The van der Waals surface area contributed by atoms with Crippen molar-refractivity contribution in [2.24, 2.45) is 0 Å². The largest absolute Gasteiger partial charge is 0.495 e. The molecule has 5 nitrogen and oxygen atoms in total. The van der Waals surface area contributed by atoms with Crippen LogP contribution in [0.3, 0.4) is 0 Å². The first-order valence-corrected chi connectivity index (χ1v) is 11.2. The predicted molar refractivity (Wildman–Crippen MR) is 113 cm³/mol. The second-order valence-electron chi connectivity index (χ2n) is 8.53. The molecule has 2 aromatic rings. The third-order valence-electron chi connectivity index (χ3n) is 5.88. The fourth-order valence-electron chi connectivity index (χ4n) is 3.24. The number of benzene rings is 2. The molecule has 3 rings (SSSR count). The summed E-state index contributed by atoms with van der Waals surface area (Å²) in [5, 5.41) is 0. The maximum absolute atomic E-state index is 12.9. The zero-order valence-corrected chi connectivity index (χ0v) is 18.8. The van der Waals surface area contributed by atoms with Gasteiger partial charge in [0.25, 0.3) is 0 Å². The van der Waals surface area contributed by atoms with E-state index in [2.05, 4.69) is 4.72 Å². The summed E-state index contributed by atoms with van der Waals surface area (Å²) < 4.78 is 77.7. The number of alkyl halides is 3. The Labute approximate surface area is 181 Å². The van der Waals surface area contributed by atoms with Gasteiger partial charge in [0.15, 0.2) is 0 Å². The molecule has 0 unspecified atom stereocenters. The standard InChI is InChI=1S/C21H25BF3NO4S/c1-19(2)20(3,4)30-22(29-19)18-13-17(31(27,28)26-5)11-8-15(18)12-14-6-9-16(10-7-14)21(23,24)25/h6-11,13,26H,12H2,1-5H3. The van der Waals surface area contributed by atoms with Crippen molar-refractivity contribution >= 4 is 22.6 Å². The fraction of sp³-hybridized carbons (Fsp3) is 0.429. The SMILES string of the molecule is CNS(=O)(=O)c1ccc(Cc2ccc(C(F)(F)F)cc2)c(B2OC(C)(C)C(C)(C)O2)c1. The molecule has 1 saturated heterocycles. The van der Waals surface area contributed by atoms with Gasteiger partial charge in [-0.1, -0.05) is 18.2 Å². The zero-order valence-electron chi connectivity index (χ0n) is 18.0. The van der Waals surface area contributed by atoms with E-state index in [9.17, 15) is 21.6 Å². The Morgan fingerprint density at radius 2 is 1.52 bits per heavy atom. The van der Waals surface area contributed by atoms with Crippen LogP contribution in [-0.4, -0.2) is 33.8 Å². The summed E-state index contributed by atoms with van der Waals surface area (Å²) in [6.45, 7) is 7.54. The van der Waals surface area contributed by atoms with Crippen molar-refractivity contribution in [3.05, 3.63) is 59.2 Å². The highest BCUT2D eigenvalue weighted by Crippen LogP contribution is 2.37. The van der Waals surface area contributed by atoms with Crippen LogP contribution in [0, 0.1) is 0 Å². The molecular weight excluding hydrogens is 430 g/mol. The lowest BCUT2D eigenvalue weighted by Crippen LogP contribution is -2.41. The highest BCUT2D eigenvalue weighted by atomic mass is 32.2. The molecule has 0 saturated carbocycles. The van der Waals surface area contributed by atoms with Crippen molar-refractivity contribution in [2.45, 2.75) is 56.4 Å². The number of halogens is 3. The Kier molecular flexibility index (Phi) is 6.07. The van der Waals surface area contributed by atoms with E-state index in [1.165, 1.54) is 31.3 Å². The monoisotopic (exact) mass is 455 g/mol. The molecule has 0 aliphatic carbocycles. The summed E-state index contributed by atoms with van der Waals surface area (Å²) in [4.78, 5) is 0.0517. The molecule has 0 aromatic heterocycles. The van der Waals surface area contributed by atoms with Crippen molar-refractivity contribution in [1.82, 2.24) is 4.72 Å². The summed E-state index contributed by atoms with van der Waals surface area (Å²) >= 11 is 0. The summed E-state index contributed by atoms with van der Waals surface area (Å²) in [5.41, 5.74) is -0.126. The van der Waals surface area contributed by atoms with Gasteiger partial charge in [0, 0.05) is 0 Å². The third-order valence-corrected chi connectivity index (χ3v) is 7.29. The second kappa shape index (κ2) is 7.92. The molecule has 2 aromatic carbocycles. The van der Waals surface area contributed by atoms with Crippen molar-refractivity contribution in [2.75, 3.05) is 7.05 Å². The number of hydrogen-bond donors (Lipinski definition) is 1. The van der Waals surface area contributed by atoms with Gasteiger partial charge in [0.05, 0.1) is 21.7 Å². The number of hydrogen-bond acceptors (Lipinski definition) is 4. The van der Waals surface area contributed by atoms with Crippen molar-refractivity contribution in [3.8, 4) is 0 Å². The van der Waals surface area contributed by atoms with E-state index in [0.29, 0.717) is 16.6 Å². The maximum Gasteiger partial charge on any atom is 0.495 e. The van der Waals surface area contributed by atoms with Crippen LogP contribution < -0.4 is 10.2 Å². The zero-order chi connectivity index (χ0) is 23.2. The molecule has 168 valence electrons. The van der Waals surface area contributed by atoms with Gasteiger partial charge in [-0.3, -0.25) is 0 Å². The van der Waals surface area contributed by atoms with E-state index in [1.54, 1.807) is 6.07 Å². The molecule has 10 heteroatoms. The highest BCUT2D eigenvalue weighted by Gasteiger charge is 2.52. The molecule has 0 spiro atoms. The van der Waals surface area contributed by atoms with Crippen LogP contribution in [0.25, 0.3) is 0 Å². The van der Waals surface area contributed by atoms with Crippen LogP contribution in [0.2, 0.25) is 0 Å². The molecule has 31 heavy (non-hydrogen) atoms. The Morgan fingerprint density at radius 3 is 2.00 bits per heavy atom. The van der Waals surface area contributed by atoms with E-state index in [0.717, 1.165) is 12.1 Å². The quantitative estimate of drug-likeness (QED) is 0.702. The first-order valence-electron chi connectivity index (χ1n) is 9.74. The average Bonchev–Trinajstić information content (AvgIpc) is 2.89. The lowest BCUT2D eigenvalue weighted by molar-refractivity contribution is -0.137. The lowest BCUT2D eigenvalue weighted by Gasteiger charge is -2.32. The minimum Gasteiger partial charge on any atom is -0.399 e. The van der Waals surface area contributed by atoms with E-state index in [4.69, 9.17) is 9.31 Å². The molecule has 0 bridgehead atoms. The molecule has 1 heterocycles. The smallest absolute Gasteiger partial charge is 0.399 e. The van der Waals surface area contributed by atoms with Gasteiger partial charge in [-0.25, -0.2) is 13.1 Å². The third kappa shape index (κ3) is 4.82. The minimum atomic E-state index is -4.41. The molecule has 1 aliphatic rings. The second-order valence-corrected chi connectivity index (χ2v) is 10.4. The Bertz CT molecular complexity index is 1050. The first kappa shape index (κ1) is 23.8. The van der Waals surface area contributed by atoms with Gasteiger partial charge in [-0.15, -0.1) is 0 Å². The maximum atomic E-state index is 12.9. The molecule has 0 radical (unpaired) electrons. The molecule has 0 amide bonds. The van der Waals surface area contributed by atoms with Gasteiger partial charge >= 0.3 is 13.3 Å². The van der Waals surface area contributed by atoms with Gasteiger partial charge in [0.1, 0.15) is 0 Å². The van der Waals surface area contributed by atoms with Crippen LogP contribution in [0.15, 0.2) is 47.4 Å². The number of sulfonamides is 1. The summed E-state index contributed by atoms with van der Waals surface area (Å²) in [6.07, 6.45) is -4.12. The minimum absolute atomic E-state index is 0.0517. The lowest BCUT2D eigenvalue weighted by atomic mass is 9.74. The molecule has 1 N–H and O–H groups in total. The van der Waals surface area contributed by atoms with Crippen molar-refractivity contribution < 1.29 is 30.9 Å². The van der Waals surface area contributed by atoms with Crippen molar-refractivity contribution in [1.29, 1.82) is 0 Å². The summed E-state index contributed by atoms with van der Waals surface area (Å²) in [6, 6.07) is 9.48.